The average Bonchev–Trinajstić information content (AvgIpc) is 2.64. The van der Waals surface area contributed by atoms with Gasteiger partial charge in [-0.15, -0.1) is 0 Å². The summed E-state index contributed by atoms with van der Waals surface area (Å²) in [6, 6.07) is 6.07. The third-order valence-electron chi connectivity index (χ3n) is 3.29. The number of rotatable bonds is 3. The SMILES string of the molecule is Cc1nn(-c2ccc(CNC(C)(C)C)c(Cl)c2)c(C)c1Br. The fourth-order valence-electron chi connectivity index (χ4n) is 2.05. The third kappa shape index (κ3) is 3.87. The Morgan fingerprint density at radius 2 is 1.95 bits per heavy atom. The van der Waals surface area contributed by atoms with E-state index < -0.39 is 0 Å². The minimum absolute atomic E-state index is 0.0720. The molecule has 1 heterocycles. The van der Waals surface area contributed by atoms with E-state index in [0.717, 1.165) is 38.7 Å². The van der Waals surface area contributed by atoms with Crippen molar-refractivity contribution in [3.05, 3.63) is 44.6 Å². The van der Waals surface area contributed by atoms with Gasteiger partial charge in [-0.1, -0.05) is 17.7 Å². The molecule has 2 rings (SSSR count). The zero-order valence-electron chi connectivity index (χ0n) is 13.1. The van der Waals surface area contributed by atoms with Gasteiger partial charge < -0.3 is 5.32 Å². The third-order valence-corrected chi connectivity index (χ3v) is 4.79. The molecular weight excluding hydrogens is 350 g/mol. The highest BCUT2D eigenvalue weighted by Crippen LogP contribution is 2.26. The Kier molecular flexibility index (Phi) is 4.81. The van der Waals surface area contributed by atoms with E-state index in [1.165, 1.54) is 0 Å². The normalized spacial score (nSPS) is 12.0. The van der Waals surface area contributed by atoms with Crippen molar-refractivity contribution in [2.75, 3.05) is 0 Å². The Morgan fingerprint density at radius 3 is 2.43 bits per heavy atom. The second kappa shape index (κ2) is 6.11. The lowest BCUT2D eigenvalue weighted by molar-refractivity contribution is 0.424. The first-order chi connectivity index (χ1) is 9.69. The molecule has 0 bridgehead atoms. The van der Waals surface area contributed by atoms with Gasteiger partial charge in [0.25, 0.3) is 0 Å². The molecule has 3 nitrogen and oxygen atoms in total. The molecule has 0 fully saturated rings. The number of hydrogen-bond donors (Lipinski definition) is 1. The largest absolute Gasteiger partial charge is 0.308 e. The second-order valence-electron chi connectivity index (χ2n) is 6.28. The van der Waals surface area contributed by atoms with E-state index >= 15 is 0 Å². The number of halogens is 2. The monoisotopic (exact) mass is 369 g/mol. The molecule has 0 radical (unpaired) electrons. The molecule has 21 heavy (non-hydrogen) atoms. The van der Waals surface area contributed by atoms with E-state index in [-0.39, 0.29) is 5.54 Å². The van der Waals surface area contributed by atoms with Crippen LogP contribution in [0.3, 0.4) is 0 Å². The first kappa shape index (κ1) is 16.5. The van der Waals surface area contributed by atoms with Crippen LogP contribution >= 0.6 is 27.5 Å². The molecule has 0 aliphatic carbocycles. The van der Waals surface area contributed by atoms with Gasteiger partial charge in [-0.25, -0.2) is 4.68 Å². The van der Waals surface area contributed by atoms with Gasteiger partial charge in [-0.2, -0.15) is 5.10 Å². The molecule has 0 saturated heterocycles. The summed E-state index contributed by atoms with van der Waals surface area (Å²) in [7, 11) is 0. The molecular formula is C16H21BrClN3. The van der Waals surface area contributed by atoms with Crippen molar-refractivity contribution in [3.63, 3.8) is 0 Å². The number of aryl methyl sites for hydroxylation is 1. The summed E-state index contributed by atoms with van der Waals surface area (Å²) in [5, 5.41) is 8.74. The smallest absolute Gasteiger partial charge is 0.0743 e. The zero-order chi connectivity index (χ0) is 15.8. The fourth-order valence-corrected chi connectivity index (χ4v) is 2.54. The first-order valence-electron chi connectivity index (χ1n) is 6.94. The molecule has 5 heteroatoms. The molecule has 0 unspecified atom stereocenters. The summed E-state index contributed by atoms with van der Waals surface area (Å²) < 4.78 is 2.95. The van der Waals surface area contributed by atoms with E-state index in [1.54, 1.807) is 0 Å². The summed E-state index contributed by atoms with van der Waals surface area (Å²) in [5.41, 5.74) is 4.19. The highest BCUT2D eigenvalue weighted by molar-refractivity contribution is 9.10. The standard InChI is InChI=1S/C16H21BrClN3/c1-10-15(17)11(2)21(20-10)13-7-6-12(14(18)8-13)9-19-16(3,4)5/h6-8,19H,9H2,1-5H3. The van der Waals surface area contributed by atoms with Crippen molar-refractivity contribution >= 4 is 27.5 Å². The molecule has 114 valence electrons. The lowest BCUT2D eigenvalue weighted by Gasteiger charge is -2.21. The summed E-state index contributed by atoms with van der Waals surface area (Å²) in [5.74, 6) is 0. The van der Waals surface area contributed by atoms with Crippen LogP contribution in [0.2, 0.25) is 5.02 Å². The van der Waals surface area contributed by atoms with Gasteiger partial charge in [0.05, 0.1) is 21.5 Å². The fraction of sp³-hybridized carbons (Fsp3) is 0.438. The zero-order valence-corrected chi connectivity index (χ0v) is 15.4. The Labute approximate surface area is 139 Å². The van der Waals surface area contributed by atoms with Gasteiger partial charge in [-0.3, -0.25) is 0 Å². The van der Waals surface area contributed by atoms with Crippen LogP contribution in [0.5, 0.6) is 0 Å². The predicted molar refractivity (Wildman–Crippen MR) is 92.3 cm³/mol. The quantitative estimate of drug-likeness (QED) is 0.841. The Balaban J connectivity index is 2.28. The van der Waals surface area contributed by atoms with Crippen LogP contribution in [0.4, 0.5) is 0 Å². The van der Waals surface area contributed by atoms with Crippen molar-refractivity contribution in [1.82, 2.24) is 15.1 Å². The molecule has 2 aromatic rings. The molecule has 0 amide bonds. The van der Waals surface area contributed by atoms with Crippen molar-refractivity contribution < 1.29 is 0 Å². The summed E-state index contributed by atoms with van der Waals surface area (Å²) in [4.78, 5) is 0. The van der Waals surface area contributed by atoms with Gasteiger partial charge in [-0.05, 0) is 68.2 Å². The van der Waals surface area contributed by atoms with Crippen LogP contribution in [0.15, 0.2) is 22.7 Å². The molecule has 1 aromatic heterocycles. The van der Waals surface area contributed by atoms with Gasteiger partial charge >= 0.3 is 0 Å². The maximum atomic E-state index is 6.41. The second-order valence-corrected chi connectivity index (χ2v) is 7.48. The average molecular weight is 371 g/mol. The van der Waals surface area contributed by atoms with Crippen LogP contribution < -0.4 is 5.32 Å². The van der Waals surface area contributed by atoms with Crippen LogP contribution in [-0.2, 0) is 6.54 Å². The van der Waals surface area contributed by atoms with Gasteiger partial charge in [0.1, 0.15) is 0 Å². The Hall–Kier alpha value is -0.840. The molecule has 0 aliphatic rings. The summed E-state index contributed by atoms with van der Waals surface area (Å²) in [6.45, 7) is 11.2. The molecule has 1 aromatic carbocycles. The maximum Gasteiger partial charge on any atom is 0.0743 e. The highest BCUT2D eigenvalue weighted by Gasteiger charge is 2.13. The predicted octanol–water partition coefficient (Wildman–Crippen LogP) is 4.79. The molecule has 0 atom stereocenters. The van der Waals surface area contributed by atoms with Gasteiger partial charge in [0.15, 0.2) is 0 Å². The van der Waals surface area contributed by atoms with E-state index in [2.05, 4.69) is 59.2 Å². The molecule has 0 saturated carbocycles. The van der Waals surface area contributed by atoms with Crippen LogP contribution in [0, 0.1) is 13.8 Å². The van der Waals surface area contributed by atoms with Crippen LogP contribution in [-0.4, -0.2) is 15.3 Å². The van der Waals surface area contributed by atoms with E-state index in [1.807, 2.05) is 24.6 Å². The topological polar surface area (TPSA) is 29.9 Å². The minimum Gasteiger partial charge on any atom is -0.308 e. The van der Waals surface area contributed by atoms with Crippen molar-refractivity contribution in [3.8, 4) is 5.69 Å². The lowest BCUT2D eigenvalue weighted by Crippen LogP contribution is -2.35. The van der Waals surface area contributed by atoms with E-state index in [0.29, 0.717) is 0 Å². The minimum atomic E-state index is 0.0720. The van der Waals surface area contributed by atoms with Gasteiger partial charge in [0, 0.05) is 17.1 Å². The molecule has 0 aliphatic heterocycles. The number of nitrogens with zero attached hydrogens (tertiary/aromatic N) is 2. The van der Waals surface area contributed by atoms with Crippen LogP contribution in [0.1, 0.15) is 37.7 Å². The molecule has 1 N–H and O–H groups in total. The van der Waals surface area contributed by atoms with E-state index in [9.17, 15) is 0 Å². The van der Waals surface area contributed by atoms with Crippen molar-refractivity contribution in [2.24, 2.45) is 0 Å². The number of aromatic nitrogens is 2. The maximum absolute atomic E-state index is 6.41. The number of benzene rings is 1. The number of nitrogens with one attached hydrogen (secondary N) is 1. The van der Waals surface area contributed by atoms with Crippen molar-refractivity contribution in [2.45, 2.75) is 46.7 Å². The van der Waals surface area contributed by atoms with E-state index in [4.69, 9.17) is 11.6 Å². The Bertz CT molecular complexity index is 656. The Morgan fingerprint density at radius 1 is 1.29 bits per heavy atom. The summed E-state index contributed by atoms with van der Waals surface area (Å²) in [6.07, 6.45) is 0. The number of hydrogen-bond acceptors (Lipinski definition) is 2. The first-order valence-corrected chi connectivity index (χ1v) is 8.11. The lowest BCUT2D eigenvalue weighted by atomic mass is 10.1. The molecule has 0 spiro atoms. The summed E-state index contributed by atoms with van der Waals surface area (Å²) >= 11 is 9.96. The van der Waals surface area contributed by atoms with Gasteiger partial charge in [0.2, 0.25) is 0 Å². The highest BCUT2D eigenvalue weighted by atomic mass is 79.9. The van der Waals surface area contributed by atoms with Crippen molar-refractivity contribution in [1.29, 1.82) is 0 Å². The van der Waals surface area contributed by atoms with Crippen LogP contribution in [0.25, 0.3) is 5.69 Å².